The van der Waals surface area contributed by atoms with E-state index < -0.39 is 5.91 Å². The number of allylic oxidation sites excluding steroid dienone is 1. The van der Waals surface area contributed by atoms with Crippen LogP contribution in [0, 0.1) is 0 Å². The monoisotopic (exact) mass is 452 g/mol. The van der Waals surface area contributed by atoms with Crippen LogP contribution in [0.1, 0.15) is 21.6 Å². The zero-order chi connectivity index (χ0) is 23.6. The number of amides is 1. The molecule has 2 N–H and O–H groups in total. The summed E-state index contributed by atoms with van der Waals surface area (Å²) in [4.78, 5) is 12.4. The number of para-hydroxylation sites is 1. The van der Waals surface area contributed by atoms with Crippen molar-refractivity contribution >= 4 is 18.2 Å². The minimum atomic E-state index is -0.392. The molecule has 0 aliphatic heterocycles. The van der Waals surface area contributed by atoms with Gasteiger partial charge in [0.2, 0.25) is 0 Å². The van der Waals surface area contributed by atoms with Gasteiger partial charge in [0.15, 0.2) is 0 Å². The average molecular weight is 453 g/mol. The van der Waals surface area contributed by atoms with Crippen molar-refractivity contribution in [3.8, 4) is 22.8 Å². The summed E-state index contributed by atoms with van der Waals surface area (Å²) in [6, 6.07) is 26.8. The Morgan fingerprint density at radius 3 is 2.71 bits per heavy atom. The Hall–Kier alpha value is -4.65. The van der Waals surface area contributed by atoms with Crippen LogP contribution in [0.25, 0.3) is 17.3 Å². The molecule has 1 aromatic heterocycles. The molecule has 0 fully saturated rings. The molecule has 34 heavy (non-hydrogen) atoms. The smallest absolute Gasteiger partial charge is 0.289 e. The lowest BCUT2D eigenvalue weighted by Crippen LogP contribution is -2.17. The molecule has 0 aliphatic rings. The summed E-state index contributed by atoms with van der Waals surface area (Å²) in [6.07, 6.45) is 5.06. The van der Waals surface area contributed by atoms with E-state index in [4.69, 9.17) is 9.47 Å². The van der Waals surface area contributed by atoms with E-state index in [2.05, 4.69) is 20.7 Å². The quantitative estimate of drug-likeness (QED) is 0.273. The van der Waals surface area contributed by atoms with Gasteiger partial charge in [0.25, 0.3) is 5.91 Å². The summed E-state index contributed by atoms with van der Waals surface area (Å²) in [5.74, 6) is 1.09. The second-order valence-corrected chi connectivity index (χ2v) is 7.29. The molecule has 0 bridgehead atoms. The van der Waals surface area contributed by atoms with E-state index in [1.807, 2.05) is 84.9 Å². The first kappa shape index (κ1) is 22.5. The van der Waals surface area contributed by atoms with Crippen LogP contribution < -0.4 is 14.9 Å². The lowest BCUT2D eigenvalue weighted by molar-refractivity contribution is 0.0950. The van der Waals surface area contributed by atoms with Gasteiger partial charge in [-0.25, -0.2) is 5.43 Å². The normalized spacial score (nSPS) is 11.1. The Labute approximate surface area is 197 Å². The first-order valence-corrected chi connectivity index (χ1v) is 10.7. The molecule has 0 radical (unpaired) electrons. The number of hydrogen-bond acceptors (Lipinski definition) is 5. The summed E-state index contributed by atoms with van der Waals surface area (Å²) in [6.45, 7) is 0.474. The molecule has 0 atom stereocenters. The molecule has 0 saturated carbocycles. The van der Waals surface area contributed by atoms with Gasteiger partial charge in [-0.15, -0.1) is 0 Å². The van der Waals surface area contributed by atoms with Crippen molar-refractivity contribution in [3.63, 3.8) is 0 Å². The van der Waals surface area contributed by atoms with Gasteiger partial charge >= 0.3 is 0 Å². The Morgan fingerprint density at radius 1 is 1.03 bits per heavy atom. The molecule has 4 rings (SSSR count). The van der Waals surface area contributed by atoms with Crippen molar-refractivity contribution < 1.29 is 14.3 Å². The lowest BCUT2D eigenvalue weighted by Gasteiger charge is -2.07. The second-order valence-electron chi connectivity index (χ2n) is 7.29. The van der Waals surface area contributed by atoms with Gasteiger partial charge in [-0.1, -0.05) is 60.7 Å². The minimum Gasteiger partial charge on any atom is -0.496 e. The van der Waals surface area contributed by atoms with Gasteiger partial charge in [-0.3, -0.25) is 9.89 Å². The second kappa shape index (κ2) is 11.3. The van der Waals surface area contributed by atoms with Crippen LogP contribution >= 0.6 is 0 Å². The third-order valence-corrected chi connectivity index (χ3v) is 4.94. The largest absolute Gasteiger partial charge is 0.496 e. The van der Waals surface area contributed by atoms with Crippen LogP contribution in [0.2, 0.25) is 0 Å². The number of hydrogen-bond donors (Lipinski definition) is 2. The molecular weight excluding hydrogens is 428 g/mol. The Kier molecular flexibility index (Phi) is 7.48. The summed E-state index contributed by atoms with van der Waals surface area (Å²) in [5.41, 5.74) is 6.26. The molecule has 7 heteroatoms. The maximum atomic E-state index is 12.4. The minimum absolute atomic E-state index is 0.302. The van der Waals surface area contributed by atoms with Crippen molar-refractivity contribution in [2.45, 2.75) is 6.61 Å². The molecule has 0 spiro atoms. The van der Waals surface area contributed by atoms with Gasteiger partial charge in [0.05, 0.1) is 12.8 Å². The average Bonchev–Trinajstić information content (AvgIpc) is 3.39. The van der Waals surface area contributed by atoms with Crippen molar-refractivity contribution in [2.24, 2.45) is 5.10 Å². The van der Waals surface area contributed by atoms with E-state index in [0.717, 1.165) is 28.2 Å². The Morgan fingerprint density at radius 2 is 1.85 bits per heavy atom. The zero-order valence-electron chi connectivity index (χ0n) is 18.6. The van der Waals surface area contributed by atoms with Crippen molar-refractivity contribution in [1.82, 2.24) is 15.6 Å². The number of benzene rings is 3. The number of methoxy groups -OCH3 is 1. The lowest BCUT2D eigenvalue weighted by atomic mass is 10.1. The molecule has 1 amide bonds. The van der Waals surface area contributed by atoms with E-state index in [1.165, 1.54) is 6.21 Å². The highest BCUT2D eigenvalue weighted by molar-refractivity contribution is 5.94. The van der Waals surface area contributed by atoms with Crippen LogP contribution in [0.15, 0.2) is 96.1 Å². The number of nitrogens with one attached hydrogen (secondary N) is 2. The summed E-state index contributed by atoms with van der Waals surface area (Å²) >= 11 is 0. The highest BCUT2D eigenvalue weighted by Gasteiger charge is 2.11. The topological polar surface area (TPSA) is 88.6 Å². The van der Waals surface area contributed by atoms with Crippen molar-refractivity contribution in [2.75, 3.05) is 7.11 Å². The number of rotatable bonds is 9. The van der Waals surface area contributed by atoms with Crippen LogP contribution in [0.3, 0.4) is 0 Å². The number of nitrogens with zero attached hydrogens (tertiary/aromatic N) is 2. The van der Waals surface area contributed by atoms with E-state index >= 15 is 0 Å². The highest BCUT2D eigenvalue weighted by atomic mass is 16.5. The standard InChI is InChI=1S/C27H24N4O3/c1-33-26-15-6-5-11-21(26)13-8-16-28-31-27(32)25-18-24(29-30-25)22-12-7-14-23(17-22)34-19-20-9-3-2-4-10-20/h2-18H,19H2,1H3,(H,29,30)(H,31,32)/b13-8-,28-16+. The molecule has 7 nitrogen and oxygen atoms in total. The SMILES string of the molecule is COc1ccccc1/C=C\C=N\NC(=O)c1cc(-c2cccc(OCc3ccccc3)c2)n[nH]1. The van der Waals surface area contributed by atoms with E-state index in [9.17, 15) is 4.79 Å². The predicted octanol–water partition coefficient (Wildman–Crippen LogP) is 5.09. The summed E-state index contributed by atoms with van der Waals surface area (Å²) < 4.78 is 11.2. The highest BCUT2D eigenvalue weighted by Crippen LogP contribution is 2.23. The van der Waals surface area contributed by atoms with Gasteiger partial charge in [0.1, 0.15) is 23.8 Å². The maximum Gasteiger partial charge on any atom is 0.289 e. The fraction of sp³-hybridized carbons (Fsp3) is 0.0741. The van der Waals surface area contributed by atoms with Crippen LogP contribution in [-0.4, -0.2) is 29.4 Å². The molecule has 170 valence electrons. The van der Waals surface area contributed by atoms with E-state index in [-0.39, 0.29) is 0 Å². The van der Waals surface area contributed by atoms with Gasteiger partial charge in [-0.2, -0.15) is 10.2 Å². The first-order valence-electron chi connectivity index (χ1n) is 10.7. The zero-order valence-corrected chi connectivity index (χ0v) is 18.6. The first-order chi connectivity index (χ1) is 16.7. The molecule has 0 saturated heterocycles. The van der Waals surface area contributed by atoms with Gasteiger partial charge < -0.3 is 9.47 Å². The molecule has 4 aromatic rings. The molecule has 0 aliphatic carbocycles. The third kappa shape index (κ3) is 5.98. The predicted molar refractivity (Wildman–Crippen MR) is 133 cm³/mol. The van der Waals surface area contributed by atoms with Gasteiger partial charge in [-0.05, 0) is 42.0 Å². The number of aromatic amines is 1. The van der Waals surface area contributed by atoms with E-state index in [1.54, 1.807) is 19.3 Å². The number of H-pyrrole nitrogens is 1. The molecule has 3 aromatic carbocycles. The van der Waals surface area contributed by atoms with Crippen LogP contribution in [-0.2, 0) is 6.61 Å². The fourth-order valence-electron chi connectivity index (χ4n) is 3.22. The Bertz CT molecular complexity index is 1300. The fourth-order valence-corrected chi connectivity index (χ4v) is 3.22. The molecular formula is C27H24N4O3. The molecule has 1 heterocycles. The molecule has 0 unspecified atom stereocenters. The number of ether oxygens (including phenoxy) is 2. The van der Waals surface area contributed by atoms with Crippen molar-refractivity contribution in [3.05, 3.63) is 108 Å². The van der Waals surface area contributed by atoms with E-state index in [0.29, 0.717) is 18.0 Å². The van der Waals surface area contributed by atoms with Crippen molar-refractivity contribution in [1.29, 1.82) is 0 Å². The van der Waals surface area contributed by atoms with Crippen LogP contribution in [0.4, 0.5) is 0 Å². The Balaban J connectivity index is 1.34. The third-order valence-electron chi connectivity index (χ3n) is 4.94. The number of hydrazone groups is 1. The number of aromatic nitrogens is 2. The summed E-state index contributed by atoms with van der Waals surface area (Å²) in [5, 5.41) is 10.9. The summed E-state index contributed by atoms with van der Waals surface area (Å²) in [7, 11) is 1.62. The maximum absolute atomic E-state index is 12.4. The van der Waals surface area contributed by atoms with Gasteiger partial charge in [0, 0.05) is 17.3 Å². The number of carbonyl (C=O) groups excluding carboxylic acids is 1. The van der Waals surface area contributed by atoms with Crippen LogP contribution in [0.5, 0.6) is 11.5 Å². The number of carbonyl (C=O) groups is 1.